The normalized spacial score (nSPS) is 14.8. The fourth-order valence-electron chi connectivity index (χ4n) is 2.96. The number of hydrogen-bond donors (Lipinski definition) is 1. The van der Waals surface area contributed by atoms with E-state index in [1.54, 1.807) is 19.1 Å². The summed E-state index contributed by atoms with van der Waals surface area (Å²) in [5.74, 6) is 0.699. The Kier molecular flexibility index (Phi) is 2.58. The average Bonchev–Trinajstić information content (AvgIpc) is 3.24. The van der Waals surface area contributed by atoms with Gasteiger partial charge in [0.15, 0.2) is 0 Å². The molecular weight excluding hydrogens is 265 g/mol. The van der Waals surface area contributed by atoms with E-state index in [9.17, 15) is 9.50 Å². The van der Waals surface area contributed by atoms with Gasteiger partial charge in [-0.3, -0.25) is 0 Å². The van der Waals surface area contributed by atoms with Crippen LogP contribution in [0, 0.1) is 12.7 Å². The third kappa shape index (κ3) is 2.00. The number of hydrogen-bond acceptors (Lipinski definition) is 1. The molecule has 0 radical (unpaired) electrons. The summed E-state index contributed by atoms with van der Waals surface area (Å²) >= 11 is 0. The van der Waals surface area contributed by atoms with Crippen LogP contribution < -0.4 is 0 Å². The minimum Gasteiger partial charge on any atom is -0.508 e. The fourth-order valence-corrected chi connectivity index (χ4v) is 2.96. The van der Waals surface area contributed by atoms with Crippen molar-refractivity contribution in [3.63, 3.8) is 0 Å². The van der Waals surface area contributed by atoms with E-state index < -0.39 is 0 Å². The van der Waals surface area contributed by atoms with Crippen molar-refractivity contribution in [2.45, 2.75) is 25.7 Å². The average molecular weight is 281 g/mol. The number of phenols is 1. The number of aromatic hydroxyl groups is 1. The third-order valence-electron chi connectivity index (χ3n) is 4.26. The summed E-state index contributed by atoms with van der Waals surface area (Å²) in [7, 11) is 0. The minimum absolute atomic E-state index is 0.185. The third-order valence-corrected chi connectivity index (χ3v) is 4.26. The largest absolute Gasteiger partial charge is 0.508 e. The van der Waals surface area contributed by atoms with E-state index in [2.05, 4.69) is 10.8 Å². The summed E-state index contributed by atoms with van der Waals surface area (Å²) in [5.41, 5.74) is 3.93. The molecule has 1 heterocycles. The summed E-state index contributed by atoms with van der Waals surface area (Å²) in [6.07, 6.45) is 4.54. The molecule has 0 spiro atoms. The Balaban J connectivity index is 1.97. The van der Waals surface area contributed by atoms with E-state index in [1.807, 2.05) is 18.2 Å². The quantitative estimate of drug-likeness (QED) is 0.726. The Morgan fingerprint density at radius 3 is 2.67 bits per heavy atom. The van der Waals surface area contributed by atoms with E-state index in [0.29, 0.717) is 11.5 Å². The van der Waals surface area contributed by atoms with Crippen LogP contribution in [-0.2, 0) is 0 Å². The van der Waals surface area contributed by atoms with Crippen molar-refractivity contribution in [1.29, 1.82) is 0 Å². The molecule has 21 heavy (non-hydrogen) atoms. The molecule has 0 amide bonds. The van der Waals surface area contributed by atoms with Crippen LogP contribution in [0.4, 0.5) is 4.39 Å². The van der Waals surface area contributed by atoms with Gasteiger partial charge in [0.25, 0.3) is 0 Å². The zero-order valence-electron chi connectivity index (χ0n) is 11.8. The number of nitrogens with zero attached hydrogens (tertiary/aromatic N) is 1. The molecule has 2 nitrogen and oxygen atoms in total. The minimum atomic E-state index is -0.185. The molecule has 2 aromatic carbocycles. The Morgan fingerprint density at radius 1 is 1.14 bits per heavy atom. The van der Waals surface area contributed by atoms with E-state index in [0.717, 1.165) is 16.6 Å². The standard InChI is InChI=1S/C18H16FNO/c1-11-8-13(4-6-17(11)19)20-10-16(12-2-3-12)15-9-14(21)5-7-18(15)20/h4-10,12,21H,2-3H2,1H3. The van der Waals surface area contributed by atoms with Crippen LogP contribution in [-0.4, -0.2) is 9.67 Å². The first-order valence-corrected chi connectivity index (χ1v) is 7.24. The molecule has 3 heteroatoms. The molecule has 1 aliphatic rings. The molecule has 0 atom stereocenters. The lowest BCUT2D eigenvalue weighted by Gasteiger charge is -2.07. The van der Waals surface area contributed by atoms with Crippen LogP contribution in [0.15, 0.2) is 42.6 Å². The summed E-state index contributed by atoms with van der Waals surface area (Å²) in [6.45, 7) is 1.78. The molecule has 1 N–H and O–H groups in total. The van der Waals surface area contributed by atoms with E-state index in [1.165, 1.54) is 24.5 Å². The van der Waals surface area contributed by atoms with Crippen LogP contribution in [0.2, 0.25) is 0 Å². The first kappa shape index (κ1) is 12.5. The van der Waals surface area contributed by atoms with Gasteiger partial charge in [-0.2, -0.15) is 0 Å². The highest BCUT2D eigenvalue weighted by Crippen LogP contribution is 2.45. The second-order valence-corrected chi connectivity index (χ2v) is 5.86. The number of aromatic nitrogens is 1. The van der Waals surface area contributed by atoms with Gasteiger partial charge in [0, 0.05) is 17.3 Å². The molecule has 0 aliphatic heterocycles. The zero-order chi connectivity index (χ0) is 14.6. The lowest BCUT2D eigenvalue weighted by Crippen LogP contribution is -1.94. The van der Waals surface area contributed by atoms with E-state index in [-0.39, 0.29) is 11.6 Å². The second-order valence-electron chi connectivity index (χ2n) is 5.86. The Labute approximate surface area is 122 Å². The number of halogens is 1. The summed E-state index contributed by atoms with van der Waals surface area (Å²) < 4.78 is 15.6. The van der Waals surface area contributed by atoms with Gasteiger partial charge in [-0.1, -0.05) is 0 Å². The van der Waals surface area contributed by atoms with Gasteiger partial charge in [0.2, 0.25) is 0 Å². The first-order chi connectivity index (χ1) is 10.1. The van der Waals surface area contributed by atoms with Crippen LogP contribution >= 0.6 is 0 Å². The highest BCUT2D eigenvalue weighted by molar-refractivity contribution is 5.87. The maximum Gasteiger partial charge on any atom is 0.126 e. The van der Waals surface area contributed by atoms with Crippen LogP contribution in [0.3, 0.4) is 0 Å². The highest BCUT2D eigenvalue weighted by Gasteiger charge is 2.27. The summed E-state index contributed by atoms with van der Waals surface area (Å²) in [5, 5.41) is 10.9. The Morgan fingerprint density at radius 2 is 1.95 bits per heavy atom. The highest BCUT2D eigenvalue weighted by atomic mass is 19.1. The molecule has 1 saturated carbocycles. The van der Waals surface area contributed by atoms with Gasteiger partial charge >= 0.3 is 0 Å². The monoisotopic (exact) mass is 281 g/mol. The van der Waals surface area contributed by atoms with Crippen molar-refractivity contribution in [2.24, 2.45) is 0 Å². The lowest BCUT2D eigenvalue weighted by atomic mass is 10.1. The number of phenolic OH excluding ortho intramolecular Hbond substituents is 1. The predicted molar refractivity (Wildman–Crippen MR) is 81.6 cm³/mol. The first-order valence-electron chi connectivity index (χ1n) is 7.24. The number of aryl methyl sites for hydroxylation is 1. The lowest BCUT2D eigenvalue weighted by molar-refractivity contribution is 0.476. The smallest absolute Gasteiger partial charge is 0.126 e. The summed E-state index contributed by atoms with van der Waals surface area (Å²) in [4.78, 5) is 0. The van der Waals surface area contributed by atoms with Gasteiger partial charge in [-0.05, 0) is 73.2 Å². The van der Waals surface area contributed by atoms with Crippen molar-refractivity contribution >= 4 is 10.9 Å². The topological polar surface area (TPSA) is 25.2 Å². The molecule has 4 rings (SSSR count). The van der Waals surface area contributed by atoms with Gasteiger partial charge in [0.1, 0.15) is 11.6 Å². The second kappa shape index (κ2) is 4.35. The number of rotatable bonds is 2. The van der Waals surface area contributed by atoms with Gasteiger partial charge in [-0.15, -0.1) is 0 Å². The van der Waals surface area contributed by atoms with Crippen LogP contribution in [0.25, 0.3) is 16.6 Å². The predicted octanol–water partition coefficient (Wildman–Crippen LogP) is 4.66. The molecule has 3 aromatic rings. The van der Waals surface area contributed by atoms with Crippen LogP contribution in [0.5, 0.6) is 5.75 Å². The maximum atomic E-state index is 13.5. The SMILES string of the molecule is Cc1cc(-n2cc(C3CC3)c3cc(O)ccc32)ccc1F. The van der Waals surface area contributed by atoms with Gasteiger partial charge in [0.05, 0.1) is 5.52 Å². The van der Waals surface area contributed by atoms with E-state index >= 15 is 0 Å². The maximum absolute atomic E-state index is 13.5. The Bertz CT molecular complexity index is 846. The van der Waals surface area contributed by atoms with Gasteiger partial charge < -0.3 is 9.67 Å². The fraction of sp³-hybridized carbons (Fsp3) is 0.222. The zero-order valence-corrected chi connectivity index (χ0v) is 11.8. The Hall–Kier alpha value is -2.29. The molecule has 0 saturated heterocycles. The van der Waals surface area contributed by atoms with Gasteiger partial charge in [-0.25, -0.2) is 4.39 Å². The van der Waals surface area contributed by atoms with Crippen molar-refractivity contribution < 1.29 is 9.50 Å². The van der Waals surface area contributed by atoms with E-state index in [4.69, 9.17) is 0 Å². The molecule has 1 aliphatic carbocycles. The van der Waals surface area contributed by atoms with Crippen molar-refractivity contribution in [2.75, 3.05) is 0 Å². The molecule has 0 unspecified atom stereocenters. The number of benzene rings is 2. The van der Waals surface area contributed by atoms with Crippen molar-refractivity contribution in [3.8, 4) is 11.4 Å². The molecule has 1 fully saturated rings. The molecular formula is C18H16FNO. The van der Waals surface area contributed by atoms with Crippen molar-refractivity contribution in [1.82, 2.24) is 4.57 Å². The number of fused-ring (bicyclic) bond motifs is 1. The molecule has 1 aromatic heterocycles. The van der Waals surface area contributed by atoms with Crippen LogP contribution in [0.1, 0.15) is 29.9 Å². The summed E-state index contributed by atoms with van der Waals surface area (Å²) in [6, 6.07) is 10.6. The molecule has 106 valence electrons. The van der Waals surface area contributed by atoms with Crippen molar-refractivity contribution in [3.05, 3.63) is 59.5 Å². The molecule has 0 bridgehead atoms.